The number of aryl methyl sites for hydroxylation is 2. The van der Waals surface area contributed by atoms with E-state index >= 15 is 0 Å². The minimum absolute atomic E-state index is 0.0109. The van der Waals surface area contributed by atoms with Crippen molar-refractivity contribution < 1.29 is 13.2 Å². The maximum absolute atomic E-state index is 13.0. The van der Waals surface area contributed by atoms with Crippen LogP contribution < -0.4 is 9.62 Å². The average Bonchev–Trinajstić information content (AvgIpc) is 2.78. The molecule has 5 nitrogen and oxygen atoms in total. The number of anilines is 1. The third kappa shape index (κ3) is 5.52. The van der Waals surface area contributed by atoms with Crippen molar-refractivity contribution in [2.75, 3.05) is 11.4 Å². The second-order valence-corrected chi connectivity index (χ2v) is 9.65. The zero-order chi connectivity index (χ0) is 22.4. The SMILES string of the molecule is Cc1ccc(C(=O)N[C@H](C)CCc2ccccc2)cc1N(C)S(=O)(=O)c1ccccc1. The molecule has 0 saturated carbocycles. The van der Waals surface area contributed by atoms with Crippen molar-refractivity contribution in [2.45, 2.75) is 37.6 Å². The van der Waals surface area contributed by atoms with Gasteiger partial charge < -0.3 is 5.32 Å². The fourth-order valence-electron chi connectivity index (χ4n) is 3.38. The highest BCUT2D eigenvalue weighted by Crippen LogP contribution is 2.26. The fraction of sp³-hybridized carbons (Fsp3) is 0.240. The monoisotopic (exact) mass is 436 g/mol. The first-order valence-electron chi connectivity index (χ1n) is 10.3. The standard InChI is InChI=1S/C25H28N2O3S/c1-19-14-17-22(25(28)26-20(2)15-16-21-10-6-4-7-11-21)18-24(19)27(3)31(29,30)23-12-8-5-9-13-23/h4-14,17-18,20H,15-16H2,1-3H3,(H,26,28)/t20-/m1/s1. The highest BCUT2D eigenvalue weighted by atomic mass is 32.2. The van der Waals surface area contributed by atoms with Crippen LogP contribution >= 0.6 is 0 Å². The van der Waals surface area contributed by atoms with Gasteiger partial charge in [0.15, 0.2) is 0 Å². The Kier molecular flexibility index (Phi) is 7.13. The number of benzene rings is 3. The summed E-state index contributed by atoms with van der Waals surface area (Å²) in [5, 5.41) is 3.02. The van der Waals surface area contributed by atoms with Crippen LogP contribution in [0.4, 0.5) is 5.69 Å². The van der Waals surface area contributed by atoms with E-state index in [-0.39, 0.29) is 16.8 Å². The van der Waals surface area contributed by atoms with E-state index in [1.54, 1.807) is 48.5 Å². The lowest BCUT2D eigenvalue weighted by Gasteiger charge is -2.22. The molecule has 0 spiro atoms. The van der Waals surface area contributed by atoms with Crippen molar-refractivity contribution in [1.29, 1.82) is 0 Å². The van der Waals surface area contributed by atoms with Gasteiger partial charge in [-0.1, -0.05) is 54.6 Å². The number of amides is 1. The van der Waals surface area contributed by atoms with Crippen LogP contribution in [-0.4, -0.2) is 27.4 Å². The van der Waals surface area contributed by atoms with Crippen molar-refractivity contribution in [3.63, 3.8) is 0 Å². The summed E-state index contributed by atoms with van der Waals surface area (Å²) < 4.78 is 27.2. The van der Waals surface area contributed by atoms with E-state index in [0.717, 1.165) is 18.4 Å². The Morgan fingerprint density at radius 2 is 1.58 bits per heavy atom. The Morgan fingerprint density at radius 3 is 2.23 bits per heavy atom. The summed E-state index contributed by atoms with van der Waals surface area (Å²) in [4.78, 5) is 13.0. The lowest BCUT2D eigenvalue weighted by Crippen LogP contribution is -2.33. The highest BCUT2D eigenvalue weighted by molar-refractivity contribution is 7.92. The molecule has 1 N–H and O–H groups in total. The normalized spacial score (nSPS) is 12.2. The molecule has 3 rings (SSSR count). The van der Waals surface area contributed by atoms with Gasteiger partial charge in [-0.2, -0.15) is 0 Å². The number of nitrogens with zero attached hydrogens (tertiary/aromatic N) is 1. The number of carbonyl (C=O) groups excluding carboxylic acids is 1. The number of hydrogen-bond donors (Lipinski definition) is 1. The van der Waals surface area contributed by atoms with Crippen LogP contribution in [0.1, 0.15) is 34.8 Å². The van der Waals surface area contributed by atoms with Crippen LogP contribution in [-0.2, 0) is 16.4 Å². The summed E-state index contributed by atoms with van der Waals surface area (Å²) in [6, 6.07) is 23.5. The first-order chi connectivity index (χ1) is 14.8. The predicted molar refractivity (Wildman–Crippen MR) is 125 cm³/mol. The van der Waals surface area contributed by atoms with Gasteiger partial charge in [-0.3, -0.25) is 9.10 Å². The van der Waals surface area contributed by atoms with Gasteiger partial charge in [0.2, 0.25) is 0 Å². The molecule has 1 amide bonds. The molecule has 0 aliphatic heterocycles. The largest absolute Gasteiger partial charge is 0.350 e. The van der Waals surface area contributed by atoms with Crippen LogP contribution in [0.15, 0.2) is 83.8 Å². The summed E-state index contributed by atoms with van der Waals surface area (Å²) in [5.41, 5.74) is 2.92. The molecule has 6 heteroatoms. The van der Waals surface area contributed by atoms with Crippen molar-refractivity contribution in [3.05, 3.63) is 95.6 Å². The molecular weight excluding hydrogens is 408 g/mol. The van der Waals surface area contributed by atoms with Gasteiger partial charge in [0, 0.05) is 18.7 Å². The van der Waals surface area contributed by atoms with E-state index in [0.29, 0.717) is 11.3 Å². The quantitative estimate of drug-likeness (QED) is 0.562. The minimum Gasteiger partial charge on any atom is -0.350 e. The second-order valence-electron chi connectivity index (χ2n) is 7.69. The smallest absolute Gasteiger partial charge is 0.264 e. The molecule has 3 aromatic rings. The molecule has 162 valence electrons. The molecular formula is C25H28N2O3S. The Balaban J connectivity index is 1.73. The molecule has 0 aliphatic rings. The van der Waals surface area contributed by atoms with Gasteiger partial charge in [-0.15, -0.1) is 0 Å². The van der Waals surface area contributed by atoms with Crippen LogP contribution in [0.3, 0.4) is 0 Å². The summed E-state index contributed by atoms with van der Waals surface area (Å²) >= 11 is 0. The van der Waals surface area contributed by atoms with E-state index in [1.807, 2.05) is 32.0 Å². The third-order valence-electron chi connectivity index (χ3n) is 5.30. The number of hydrogen-bond acceptors (Lipinski definition) is 3. The van der Waals surface area contributed by atoms with E-state index in [2.05, 4.69) is 17.4 Å². The summed E-state index contributed by atoms with van der Waals surface area (Å²) in [7, 11) is -2.21. The van der Waals surface area contributed by atoms with Gasteiger partial charge >= 0.3 is 0 Å². The molecule has 0 saturated heterocycles. The zero-order valence-corrected chi connectivity index (χ0v) is 18.9. The lowest BCUT2D eigenvalue weighted by atomic mass is 10.1. The van der Waals surface area contributed by atoms with Crippen molar-refractivity contribution in [3.8, 4) is 0 Å². The summed E-state index contributed by atoms with van der Waals surface area (Å²) in [6.45, 7) is 3.80. The summed E-state index contributed by atoms with van der Waals surface area (Å²) in [5.74, 6) is -0.215. The fourth-order valence-corrected chi connectivity index (χ4v) is 4.65. The molecule has 3 aromatic carbocycles. The number of rotatable bonds is 8. The van der Waals surface area contributed by atoms with Gasteiger partial charge in [0.25, 0.3) is 15.9 Å². The summed E-state index contributed by atoms with van der Waals surface area (Å²) in [6.07, 6.45) is 1.69. The van der Waals surface area contributed by atoms with Crippen LogP contribution in [0.25, 0.3) is 0 Å². The molecule has 1 atom stereocenters. The lowest BCUT2D eigenvalue weighted by molar-refractivity contribution is 0.0938. The predicted octanol–water partition coefficient (Wildman–Crippen LogP) is 4.57. The molecule has 0 heterocycles. The molecule has 31 heavy (non-hydrogen) atoms. The van der Waals surface area contributed by atoms with E-state index < -0.39 is 10.0 Å². The highest BCUT2D eigenvalue weighted by Gasteiger charge is 2.23. The molecule has 0 radical (unpaired) electrons. The number of sulfonamides is 1. The zero-order valence-electron chi connectivity index (χ0n) is 18.1. The van der Waals surface area contributed by atoms with Crippen molar-refractivity contribution in [1.82, 2.24) is 5.32 Å². The maximum atomic E-state index is 13.0. The molecule has 0 fully saturated rings. The molecule has 0 bridgehead atoms. The van der Waals surface area contributed by atoms with E-state index in [4.69, 9.17) is 0 Å². The van der Waals surface area contributed by atoms with Crippen LogP contribution in [0.2, 0.25) is 0 Å². The van der Waals surface area contributed by atoms with E-state index in [9.17, 15) is 13.2 Å². The minimum atomic E-state index is -3.72. The third-order valence-corrected chi connectivity index (χ3v) is 7.08. The molecule has 0 unspecified atom stereocenters. The van der Waals surface area contributed by atoms with Crippen LogP contribution in [0, 0.1) is 6.92 Å². The van der Waals surface area contributed by atoms with Crippen LogP contribution in [0.5, 0.6) is 0 Å². The first kappa shape index (κ1) is 22.6. The van der Waals surface area contributed by atoms with Gasteiger partial charge in [-0.25, -0.2) is 8.42 Å². The Bertz CT molecular complexity index is 1130. The average molecular weight is 437 g/mol. The van der Waals surface area contributed by atoms with Gasteiger partial charge in [-0.05, 0) is 62.1 Å². The number of carbonyl (C=O) groups is 1. The molecule has 0 aliphatic carbocycles. The second kappa shape index (κ2) is 9.79. The van der Waals surface area contributed by atoms with Crippen molar-refractivity contribution >= 4 is 21.6 Å². The molecule has 0 aromatic heterocycles. The van der Waals surface area contributed by atoms with E-state index in [1.165, 1.54) is 16.9 Å². The number of nitrogens with one attached hydrogen (secondary N) is 1. The van der Waals surface area contributed by atoms with Crippen molar-refractivity contribution in [2.24, 2.45) is 0 Å². The maximum Gasteiger partial charge on any atom is 0.264 e. The Hall–Kier alpha value is -3.12. The van der Waals surface area contributed by atoms with Gasteiger partial charge in [0.1, 0.15) is 0 Å². The Morgan fingerprint density at radius 1 is 0.968 bits per heavy atom. The van der Waals surface area contributed by atoms with Gasteiger partial charge in [0.05, 0.1) is 10.6 Å². The Labute approximate surface area is 184 Å². The topological polar surface area (TPSA) is 66.5 Å². The first-order valence-corrected chi connectivity index (χ1v) is 11.7.